The van der Waals surface area contributed by atoms with E-state index >= 15 is 0 Å². The highest BCUT2D eigenvalue weighted by molar-refractivity contribution is 6.30. The van der Waals surface area contributed by atoms with Crippen LogP contribution in [-0.2, 0) is 4.79 Å². The quantitative estimate of drug-likeness (QED) is 0.680. The molecule has 0 spiro atoms. The molecule has 0 radical (unpaired) electrons. The van der Waals surface area contributed by atoms with Crippen molar-refractivity contribution in [1.29, 1.82) is 0 Å². The Labute approximate surface area is 127 Å². The minimum Gasteiger partial charge on any atom is -0.484 e. The molecule has 116 valence electrons. The number of hydrogen-bond acceptors (Lipinski definition) is 2. The van der Waals surface area contributed by atoms with E-state index in [1.807, 2.05) is 5.32 Å². The lowest BCUT2D eigenvalue weighted by Gasteiger charge is -2.09. The third-order valence-corrected chi connectivity index (χ3v) is 2.86. The van der Waals surface area contributed by atoms with E-state index in [1.54, 1.807) is 0 Å². The monoisotopic (exact) mass is 333 g/mol. The SMILES string of the molecule is O=C(COc1ccc(F)c(Cl)c1)Nc1ccc(F)c(F)c1F. The van der Waals surface area contributed by atoms with Crippen LogP contribution < -0.4 is 10.1 Å². The first kappa shape index (κ1) is 16.1. The first-order chi connectivity index (χ1) is 10.4. The maximum atomic E-state index is 13.4. The molecule has 0 aromatic heterocycles. The Morgan fingerprint density at radius 2 is 1.73 bits per heavy atom. The number of carbonyl (C=O) groups is 1. The summed E-state index contributed by atoms with van der Waals surface area (Å²) >= 11 is 5.53. The zero-order valence-corrected chi connectivity index (χ0v) is 11.6. The highest BCUT2D eigenvalue weighted by Crippen LogP contribution is 2.22. The third-order valence-electron chi connectivity index (χ3n) is 2.57. The van der Waals surface area contributed by atoms with Crippen LogP contribution in [0.4, 0.5) is 23.2 Å². The fraction of sp³-hybridized carbons (Fsp3) is 0.0714. The van der Waals surface area contributed by atoms with Gasteiger partial charge in [-0.15, -0.1) is 0 Å². The lowest BCUT2D eigenvalue weighted by atomic mass is 10.3. The van der Waals surface area contributed by atoms with E-state index in [-0.39, 0.29) is 10.8 Å². The summed E-state index contributed by atoms with van der Waals surface area (Å²) in [6, 6.07) is 4.99. The molecule has 0 fully saturated rings. The smallest absolute Gasteiger partial charge is 0.262 e. The number of anilines is 1. The van der Waals surface area contributed by atoms with Crippen LogP contribution in [0.5, 0.6) is 5.75 Å². The zero-order chi connectivity index (χ0) is 16.3. The molecule has 0 aliphatic rings. The minimum absolute atomic E-state index is 0.118. The van der Waals surface area contributed by atoms with Crippen molar-refractivity contribution in [3.05, 3.63) is 58.6 Å². The van der Waals surface area contributed by atoms with E-state index < -0.39 is 41.5 Å². The van der Waals surface area contributed by atoms with Crippen molar-refractivity contribution >= 4 is 23.2 Å². The maximum absolute atomic E-state index is 13.4. The summed E-state index contributed by atoms with van der Waals surface area (Å²) in [6.45, 7) is -0.555. The van der Waals surface area contributed by atoms with Crippen LogP contribution in [0.2, 0.25) is 5.02 Å². The Balaban J connectivity index is 1.99. The Hall–Kier alpha value is -2.28. The molecule has 2 rings (SSSR count). The van der Waals surface area contributed by atoms with Crippen LogP contribution in [0, 0.1) is 23.3 Å². The van der Waals surface area contributed by atoms with Gasteiger partial charge in [0.05, 0.1) is 10.7 Å². The number of ether oxygens (including phenoxy) is 1. The van der Waals surface area contributed by atoms with Crippen molar-refractivity contribution in [3.63, 3.8) is 0 Å². The molecule has 2 aromatic carbocycles. The van der Waals surface area contributed by atoms with Crippen molar-refractivity contribution in [2.45, 2.75) is 0 Å². The molecule has 0 saturated heterocycles. The average molecular weight is 334 g/mol. The summed E-state index contributed by atoms with van der Waals surface area (Å²) in [5.41, 5.74) is -0.523. The predicted octanol–water partition coefficient (Wildman–Crippen LogP) is 3.91. The molecule has 1 N–H and O–H groups in total. The molecule has 1 amide bonds. The highest BCUT2D eigenvalue weighted by Gasteiger charge is 2.15. The van der Waals surface area contributed by atoms with Crippen molar-refractivity contribution in [3.8, 4) is 5.75 Å². The number of carbonyl (C=O) groups excluding carboxylic acids is 1. The Bertz CT molecular complexity index is 724. The lowest BCUT2D eigenvalue weighted by molar-refractivity contribution is -0.118. The second kappa shape index (κ2) is 6.65. The molecule has 0 atom stereocenters. The number of amides is 1. The van der Waals surface area contributed by atoms with Crippen molar-refractivity contribution in [2.75, 3.05) is 11.9 Å². The van der Waals surface area contributed by atoms with E-state index in [1.165, 1.54) is 6.07 Å². The second-order valence-corrected chi connectivity index (χ2v) is 4.54. The van der Waals surface area contributed by atoms with Crippen LogP contribution in [0.25, 0.3) is 0 Å². The molecule has 0 heterocycles. The lowest BCUT2D eigenvalue weighted by Crippen LogP contribution is -2.21. The first-order valence-corrected chi connectivity index (χ1v) is 6.27. The molecule has 0 bridgehead atoms. The van der Waals surface area contributed by atoms with Crippen LogP contribution in [0.15, 0.2) is 30.3 Å². The number of benzene rings is 2. The van der Waals surface area contributed by atoms with Gasteiger partial charge in [-0.1, -0.05) is 11.6 Å². The predicted molar refractivity (Wildman–Crippen MR) is 71.9 cm³/mol. The van der Waals surface area contributed by atoms with Gasteiger partial charge in [-0.2, -0.15) is 0 Å². The van der Waals surface area contributed by atoms with Gasteiger partial charge in [0, 0.05) is 6.07 Å². The van der Waals surface area contributed by atoms with Crippen molar-refractivity contribution in [1.82, 2.24) is 0 Å². The molecule has 2 aromatic rings. The number of halogens is 5. The van der Waals surface area contributed by atoms with Gasteiger partial charge in [-0.25, -0.2) is 17.6 Å². The summed E-state index contributed by atoms with van der Waals surface area (Å²) in [5, 5.41) is 1.83. The molecule has 0 unspecified atom stereocenters. The van der Waals surface area contributed by atoms with E-state index in [2.05, 4.69) is 0 Å². The van der Waals surface area contributed by atoms with Crippen LogP contribution in [0.1, 0.15) is 0 Å². The topological polar surface area (TPSA) is 38.3 Å². The first-order valence-electron chi connectivity index (χ1n) is 5.89. The highest BCUT2D eigenvalue weighted by atomic mass is 35.5. The summed E-state index contributed by atoms with van der Waals surface area (Å²) in [4.78, 5) is 11.6. The Kier molecular flexibility index (Phi) is 4.87. The summed E-state index contributed by atoms with van der Waals surface area (Å²) in [7, 11) is 0. The maximum Gasteiger partial charge on any atom is 0.262 e. The van der Waals surface area contributed by atoms with E-state index in [0.29, 0.717) is 6.07 Å². The minimum atomic E-state index is -1.69. The van der Waals surface area contributed by atoms with Crippen molar-refractivity contribution in [2.24, 2.45) is 0 Å². The molecule has 0 aliphatic heterocycles. The van der Waals surface area contributed by atoms with Crippen LogP contribution >= 0.6 is 11.6 Å². The Morgan fingerprint density at radius 3 is 2.41 bits per heavy atom. The van der Waals surface area contributed by atoms with Crippen LogP contribution in [0.3, 0.4) is 0 Å². The summed E-state index contributed by atoms with van der Waals surface area (Å²) in [5.74, 6) is -5.92. The molecule has 0 saturated carbocycles. The molecule has 3 nitrogen and oxygen atoms in total. The van der Waals surface area contributed by atoms with Crippen LogP contribution in [-0.4, -0.2) is 12.5 Å². The van der Waals surface area contributed by atoms with E-state index in [0.717, 1.165) is 18.2 Å². The van der Waals surface area contributed by atoms with Gasteiger partial charge in [-0.05, 0) is 24.3 Å². The molecule has 22 heavy (non-hydrogen) atoms. The largest absolute Gasteiger partial charge is 0.484 e. The summed E-state index contributed by atoms with van der Waals surface area (Å²) < 4.78 is 57.0. The normalized spacial score (nSPS) is 10.4. The van der Waals surface area contributed by atoms with E-state index in [4.69, 9.17) is 16.3 Å². The fourth-order valence-electron chi connectivity index (χ4n) is 1.52. The number of rotatable bonds is 4. The molecule has 0 aliphatic carbocycles. The van der Waals surface area contributed by atoms with Crippen molar-refractivity contribution < 1.29 is 27.1 Å². The number of hydrogen-bond donors (Lipinski definition) is 1. The average Bonchev–Trinajstić information content (AvgIpc) is 2.49. The van der Waals surface area contributed by atoms with Gasteiger partial charge in [-0.3, -0.25) is 4.79 Å². The van der Waals surface area contributed by atoms with Gasteiger partial charge in [0.1, 0.15) is 11.6 Å². The van der Waals surface area contributed by atoms with Gasteiger partial charge in [0.15, 0.2) is 24.1 Å². The summed E-state index contributed by atoms with van der Waals surface area (Å²) in [6.07, 6.45) is 0. The fourth-order valence-corrected chi connectivity index (χ4v) is 1.69. The second-order valence-electron chi connectivity index (χ2n) is 4.14. The molecular weight excluding hydrogens is 326 g/mol. The Morgan fingerprint density at radius 1 is 1.05 bits per heavy atom. The van der Waals surface area contributed by atoms with Gasteiger partial charge in [0.2, 0.25) is 0 Å². The third kappa shape index (κ3) is 3.67. The standard InChI is InChI=1S/C14H8ClF4NO2/c15-8-5-7(1-2-9(8)16)22-6-12(21)20-11-4-3-10(17)13(18)14(11)19/h1-5H,6H2,(H,20,21). The van der Waals surface area contributed by atoms with E-state index in [9.17, 15) is 22.4 Å². The van der Waals surface area contributed by atoms with Gasteiger partial charge < -0.3 is 10.1 Å². The van der Waals surface area contributed by atoms with Gasteiger partial charge >= 0.3 is 0 Å². The van der Waals surface area contributed by atoms with Gasteiger partial charge in [0.25, 0.3) is 5.91 Å². The molecule has 8 heteroatoms. The number of nitrogens with one attached hydrogen (secondary N) is 1. The molecular formula is C14H8ClF4NO2. The zero-order valence-electron chi connectivity index (χ0n) is 10.8.